The topological polar surface area (TPSA) is 82.9 Å². The van der Waals surface area contributed by atoms with Gasteiger partial charge in [-0.1, -0.05) is 6.07 Å². The molecule has 4 aliphatic rings. The van der Waals surface area contributed by atoms with Gasteiger partial charge in [0, 0.05) is 13.5 Å². The van der Waals surface area contributed by atoms with Crippen LogP contribution in [-0.4, -0.2) is 45.2 Å². The first-order chi connectivity index (χ1) is 13.3. The summed E-state index contributed by atoms with van der Waals surface area (Å²) in [5.41, 5.74) is -0.162. The zero-order chi connectivity index (χ0) is 20.1. The lowest BCUT2D eigenvalue weighted by atomic mass is 9.79. The van der Waals surface area contributed by atoms with E-state index in [1.54, 1.807) is 24.9 Å². The first-order valence-electron chi connectivity index (χ1n) is 8.73. The molecule has 1 aromatic carbocycles. The first kappa shape index (κ1) is 18.1. The number of likely N-dealkylation sites (N-methyl/N-ethyl adjacent to an activating group) is 1. The molecule has 0 radical (unpaired) electrons. The molecule has 0 saturated carbocycles. The Hall–Kier alpha value is -1.96. The number of benzene rings is 1. The Morgan fingerprint density at radius 2 is 2.00 bits per heavy atom. The molecule has 1 aromatic rings. The fourth-order valence-corrected chi connectivity index (χ4v) is 11.8. The second-order valence-corrected chi connectivity index (χ2v) is 12.6. The van der Waals surface area contributed by atoms with Gasteiger partial charge in [0.05, 0.1) is 17.5 Å². The van der Waals surface area contributed by atoms with Crippen LogP contribution in [0, 0.1) is 16.7 Å². The molecule has 4 heterocycles. The summed E-state index contributed by atoms with van der Waals surface area (Å²) in [6.07, 6.45) is 0.271. The van der Waals surface area contributed by atoms with E-state index in [1.165, 1.54) is 4.90 Å². The van der Waals surface area contributed by atoms with Gasteiger partial charge < -0.3 is 19.3 Å². The van der Waals surface area contributed by atoms with Crippen LogP contribution in [0.4, 0.5) is 0 Å². The van der Waals surface area contributed by atoms with Gasteiger partial charge in [0.1, 0.15) is 0 Å². The van der Waals surface area contributed by atoms with Gasteiger partial charge in [-0.2, -0.15) is 5.26 Å². The number of rotatable bonds is 1. The predicted octanol–water partition coefficient (Wildman–Crippen LogP) is 1.19. The standard InChI is InChI=1S/C18H17N3O4S3/c1-16(8-19)7-18-15(23)20(3)17(2,28(18)27-26)14(22)21(18)13(16)10-4-5-11-12(6-10)25-9-24-11/h4-6,13H,7,9H2,1-3H3/t13-,16+,17+,18-,28?/m1/s1. The highest BCUT2D eigenvalue weighted by Crippen LogP contribution is 2.65. The molecular weight excluding hydrogens is 418 g/mol. The fourth-order valence-electron chi connectivity index (χ4n) is 5.05. The molecule has 2 amide bonds. The number of amides is 2. The maximum atomic E-state index is 13.6. The Morgan fingerprint density at radius 3 is 2.68 bits per heavy atom. The van der Waals surface area contributed by atoms with Gasteiger partial charge in [-0.05, 0) is 61.1 Å². The van der Waals surface area contributed by atoms with Crippen molar-refractivity contribution in [1.82, 2.24) is 9.80 Å². The molecule has 0 aromatic heterocycles. The van der Waals surface area contributed by atoms with Crippen molar-refractivity contribution in [3.8, 4) is 17.6 Å². The number of fused-ring (bicyclic) bond motifs is 2. The zero-order valence-corrected chi connectivity index (χ0v) is 17.9. The van der Waals surface area contributed by atoms with Gasteiger partial charge in [-0.25, -0.2) is 0 Å². The van der Waals surface area contributed by atoms with Crippen LogP contribution in [0.25, 0.3) is 0 Å². The molecule has 4 aliphatic heterocycles. The van der Waals surface area contributed by atoms with E-state index in [4.69, 9.17) is 20.7 Å². The van der Waals surface area contributed by atoms with Crippen LogP contribution in [-0.2, 0) is 39.1 Å². The van der Waals surface area contributed by atoms with E-state index in [2.05, 4.69) is 6.07 Å². The second-order valence-electron chi connectivity index (χ2n) is 7.86. The average Bonchev–Trinajstić information content (AvgIpc) is 3.34. The number of carbonyl (C=O) groups excluding carboxylic acids is 2. The molecule has 28 heavy (non-hydrogen) atoms. The minimum Gasteiger partial charge on any atom is -0.454 e. The normalized spacial score (nSPS) is 40.1. The van der Waals surface area contributed by atoms with Crippen molar-refractivity contribution >= 4 is 41.3 Å². The summed E-state index contributed by atoms with van der Waals surface area (Å²) in [6, 6.07) is 7.29. The van der Waals surface area contributed by atoms with Crippen molar-refractivity contribution in [1.29, 1.82) is 5.26 Å². The van der Waals surface area contributed by atoms with Crippen molar-refractivity contribution < 1.29 is 19.1 Å². The predicted molar refractivity (Wildman–Crippen MR) is 106 cm³/mol. The van der Waals surface area contributed by atoms with E-state index in [1.807, 2.05) is 19.1 Å². The van der Waals surface area contributed by atoms with Crippen LogP contribution in [0.15, 0.2) is 18.2 Å². The summed E-state index contributed by atoms with van der Waals surface area (Å²) >= 11 is 5.34. The minimum atomic E-state index is -1.07. The van der Waals surface area contributed by atoms with E-state index in [9.17, 15) is 14.9 Å². The molecule has 0 aliphatic carbocycles. The van der Waals surface area contributed by atoms with Crippen LogP contribution in [0.1, 0.15) is 31.9 Å². The van der Waals surface area contributed by atoms with Gasteiger partial charge in [-0.3, -0.25) is 9.59 Å². The number of nitrogens with zero attached hydrogens (tertiary/aromatic N) is 3. The summed E-state index contributed by atoms with van der Waals surface area (Å²) in [5, 5.41) is 10.1. The molecule has 2 bridgehead atoms. The van der Waals surface area contributed by atoms with Crippen molar-refractivity contribution in [2.24, 2.45) is 5.41 Å². The van der Waals surface area contributed by atoms with Crippen molar-refractivity contribution in [3.05, 3.63) is 23.8 Å². The molecule has 1 unspecified atom stereocenters. The summed E-state index contributed by atoms with van der Waals surface area (Å²) in [7, 11) is 2.05. The lowest BCUT2D eigenvalue weighted by molar-refractivity contribution is -0.159. The molecule has 3 fully saturated rings. The SMILES string of the molecule is CN1C(=O)[C@]23C[C@@](C)(C#N)[C@@H](c4ccc5c(c4)OCO5)N2C(=O)[C@]1(C)S3=S=S. The van der Waals surface area contributed by atoms with Crippen LogP contribution >= 0.6 is 0 Å². The summed E-state index contributed by atoms with van der Waals surface area (Å²) in [5.74, 6) is 0.951. The lowest BCUT2D eigenvalue weighted by Gasteiger charge is -2.39. The van der Waals surface area contributed by atoms with E-state index in [0.29, 0.717) is 11.5 Å². The molecule has 10 heteroatoms. The smallest absolute Gasteiger partial charge is 0.261 e. The monoisotopic (exact) mass is 435 g/mol. The highest BCUT2D eigenvalue weighted by Gasteiger charge is 2.80. The van der Waals surface area contributed by atoms with Crippen molar-refractivity contribution in [2.75, 3.05) is 13.8 Å². The van der Waals surface area contributed by atoms with Gasteiger partial charge in [0.15, 0.2) is 21.2 Å². The molecule has 5 atom stereocenters. The quantitative estimate of drug-likeness (QED) is 0.659. The summed E-state index contributed by atoms with van der Waals surface area (Å²) in [6.45, 7) is 3.76. The van der Waals surface area contributed by atoms with Crippen LogP contribution in [0.5, 0.6) is 11.5 Å². The van der Waals surface area contributed by atoms with Crippen LogP contribution in [0.3, 0.4) is 0 Å². The Morgan fingerprint density at radius 1 is 1.29 bits per heavy atom. The third kappa shape index (κ3) is 1.72. The Labute approximate surface area is 172 Å². The number of piperazine rings is 1. The van der Waals surface area contributed by atoms with Crippen LogP contribution < -0.4 is 9.47 Å². The fraction of sp³-hybridized carbons (Fsp3) is 0.500. The summed E-state index contributed by atoms with van der Waals surface area (Å²) < 4.78 is 10.9. The molecule has 0 N–H and O–H groups in total. The zero-order valence-electron chi connectivity index (χ0n) is 15.4. The molecule has 146 valence electrons. The minimum absolute atomic E-state index is 0.125. The third-order valence-corrected chi connectivity index (χ3v) is 12.3. The maximum Gasteiger partial charge on any atom is 0.261 e. The van der Waals surface area contributed by atoms with E-state index in [-0.39, 0.29) is 25.0 Å². The van der Waals surface area contributed by atoms with Gasteiger partial charge in [0.2, 0.25) is 6.79 Å². The number of carbonyl (C=O) groups is 2. The van der Waals surface area contributed by atoms with Crippen molar-refractivity contribution in [3.63, 3.8) is 0 Å². The van der Waals surface area contributed by atoms with Crippen LogP contribution in [0.2, 0.25) is 0 Å². The van der Waals surface area contributed by atoms with E-state index >= 15 is 0 Å². The molecular formula is C18H17N3O4S3. The lowest BCUT2D eigenvalue weighted by Crippen LogP contribution is -2.60. The number of nitriles is 1. The van der Waals surface area contributed by atoms with Crippen molar-refractivity contribution in [2.45, 2.75) is 36.1 Å². The molecule has 7 nitrogen and oxygen atoms in total. The van der Waals surface area contributed by atoms with E-state index < -0.39 is 30.7 Å². The van der Waals surface area contributed by atoms with Gasteiger partial charge in [-0.15, -0.1) is 0 Å². The van der Waals surface area contributed by atoms with E-state index in [0.717, 1.165) is 14.4 Å². The number of ether oxygens (including phenoxy) is 2. The Balaban J connectivity index is 1.76. The average molecular weight is 436 g/mol. The van der Waals surface area contributed by atoms with Gasteiger partial charge >= 0.3 is 0 Å². The highest BCUT2D eigenvalue weighted by molar-refractivity contribution is 8.49. The largest absolute Gasteiger partial charge is 0.454 e. The molecule has 1 spiro atoms. The Kier molecular flexibility index (Phi) is 3.45. The highest BCUT2D eigenvalue weighted by atomic mass is 33.1. The first-order valence-corrected chi connectivity index (χ1v) is 12.2. The molecule has 3 saturated heterocycles. The molecule has 5 rings (SSSR count). The third-order valence-electron chi connectivity index (χ3n) is 6.46. The summed E-state index contributed by atoms with van der Waals surface area (Å²) in [4.78, 5) is 28.2. The second kappa shape index (κ2) is 5.34. The van der Waals surface area contributed by atoms with Gasteiger partial charge in [0.25, 0.3) is 11.8 Å². The number of hydrogen-bond donors (Lipinski definition) is 0. The maximum absolute atomic E-state index is 13.6. The Bertz CT molecular complexity index is 1080. The number of hydrogen-bond acceptors (Lipinski definition) is 6.